The minimum Gasteiger partial charge on any atom is -0.458 e. The third-order valence-electron chi connectivity index (χ3n) is 13.3. The number of carbonyl (C=O) groups excluding carboxylic acids is 1. The van der Waals surface area contributed by atoms with Gasteiger partial charge in [-0.05, 0) is 99.3 Å². The van der Waals surface area contributed by atoms with Crippen LogP contribution in [-0.2, 0) is 30.3 Å². The molecular weight excluding hydrogens is 588 g/mol. The summed E-state index contributed by atoms with van der Waals surface area (Å²) in [6.45, 7) is 4.87. The fourth-order valence-electron chi connectivity index (χ4n) is 10.8. The predicted molar refractivity (Wildman–Crippen MR) is 169 cm³/mol. The number of fused-ring (bicyclic) bond motifs is 5. The molecule has 5 fully saturated rings. The van der Waals surface area contributed by atoms with E-state index < -0.39 is 35.1 Å². The second-order valence-electron chi connectivity index (χ2n) is 15.2. The third-order valence-corrected chi connectivity index (χ3v) is 13.3. The Balaban J connectivity index is 1.17. The second-order valence-corrected chi connectivity index (χ2v) is 15.2. The van der Waals surface area contributed by atoms with Crippen LogP contribution in [0.5, 0.6) is 0 Å². The average Bonchev–Trinajstić information content (AvgIpc) is 3.58. The monoisotopic (exact) mass is 638 g/mol. The number of pyridine rings is 1. The molecule has 252 valence electrons. The lowest BCUT2D eigenvalue weighted by atomic mass is 9.41. The second kappa shape index (κ2) is 12.0. The van der Waals surface area contributed by atoms with Crippen LogP contribution in [0.4, 0.5) is 0 Å². The third kappa shape index (κ3) is 5.10. The zero-order valence-corrected chi connectivity index (χ0v) is 27.3. The summed E-state index contributed by atoms with van der Waals surface area (Å²) in [7, 11) is 1.60. The van der Waals surface area contributed by atoms with Gasteiger partial charge in [0, 0.05) is 55.5 Å². The van der Waals surface area contributed by atoms with Gasteiger partial charge >= 0.3 is 5.97 Å². The first-order valence-corrected chi connectivity index (χ1v) is 17.3. The molecule has 6 aliphatic rings. The van der Waals surface area contributed by atoms with Gasteiger partial charge in [0.05, 0.1) is 36.1 Å². The maximum Gasteiger partial charge on any atom is 0.331 e. The molecule has 0 unspecified atom stereocenters. The highest BCUT2D eigenvalue weighted by Crippen LogP contribution is 2.70. The van der Waals surface area contributed by atoms with Gasteiger partial charge in [0.25, 0.3) is 0 Å². The minimum atomic E-state index is -1.06. The lowest BCUT2D eigenvalue weighted by Crippen LogP contribution is -2.69. The van der Waals surface area contributed by atoms with E-state index in [2.05, 4.69) is 18.1 Å². The summed E-state index contributed by atoms with van der Waals surface area (Å²) in [5.41, 5.74) is -0.871. The first-order valence-electron chi connectivity index (χ1n) is 17.3. The summed E-state index contributed by atoms with van der Waals surface area (Å²) in [5.74, 6) is -0.111. The number of nitrogens with zero attached hydrogens (tertiary/aromatic N) is 2. The Hall–Kier alpha value is -2.21. The van der Waals surface area contributed by atoms with Gasteiger partial charge in [-0.2, -0.15) is 0 Å². The number of ether oxygens (including phenoxy) is 4. The van der Waals surface area contributed by atoms with Crippen molar-refractivity contribution in [3.05, 3.63) is 41.7 Å². The van der Waals surface area contributed by atoms with Crippen molar-refractivity contribution in [3.63, 3.8) is 0 Å². The fourth-order valence-corrected chi connectivity index (χ4v) is 10.8. The van der Waals surface area contributed by atoms with Crippen molar-refractivity contribution in [1.82, 2.24) is 4.98 Å². The summed E-state index contributed by atoms with van der Waals surface area (Å²) in [6.07, 6.45) is 11.8. The van der Waals surface area contributed by atoms with Crippen molar-refractivity contribution in [2.45, 2.75) is 127 Å². The number of aliphatic imine (C=N–C) groups is 1. The van der Waals surface area contributed by atoms with E-state index in [0.717, 1.165) is 43.2 Å². The molecule has 10 nitrogen and oxygen atoms in total. The number of aliphatic hydroxyl groups excluding tert-OH is 1. The number of aromatic nitrogens is 1. The number of carbonyl (C=O) groups is 1. The van der Waals surface area contributed by atoms with Crippen LogP contribution in [-0.4, -0.2) is 88.1 Å². The molecule has 0 bridgehead atoms. The van der Waals surface area contributed by atoms with Crippen LogP contribution in [0.2, 0.25) is 0 Å². The fraction of sp³-hybridized carbons (Fsp3) is 0.750. The van der Waals surface area contributed by atoms with Crippen LogP contribution in [0, 0.1) is 28.6 Å². The van der Waals surface area contributed by atoms with Gasteiger partial charge in [0.2, 0.25) is 0 Å². The van der Waals surface area contributed by atoms with Crippen molar-refractivity contribution in [3.8, 4) is 0 Å². The summed E-state index contributed by atoms with van der Waals surface area (Å²) >= 11 is 0. The number of aliphatic hydroxyl groups is 3. The lowest BCUT2D eigenvalue weighted by molar-refractivity contribution is -0.284. The van der Waals surface area contributed by atoms with Gasteiger partial charge in [-0.15, -0.1) is 0 Å². The van der Waals surface area contributed by atoms with Crippen LogP contribution in [0.3, 0.4) is 0 Å². The van der Waals surface area contributed by atoms with Gasteiger partial charge in [-0.3, -0.25) is 9.98 Å². The van der Waals surface area contributed by atoms with Gasteiger partial charge in [0.15, 0.2) is 6.29 Å². The molecule has 2 aliphatic heterocycles. The summed E-state index contributed by atoms with van der Waals surface area (Å²) < 4.78 is 23.4. The SMILES string of the molecule is CO[C@@H]1C[C@H](O[C@@H]2CC[C@]3(C=NCc4ccncc4)[C@H]4CC[C@]5(C)[C@H](C6=CC(=O)OC6)CC[C@]5(O)[C@@H]4CC[C@]3(O)C2)O[C@H](C)[C@@H]1O. The van der Waals surface area contributed by atoms with Gasteiger partial charge in [0.1, 0.15) is 12.7 Å². The van der Waals surface area contributed by atoms with Crippen molar-refractivity contribution in [1.29, 1.82) is 0 Å². The van der Waals surface area contributed by atoms with Crippen LogP contribution in [0.25, 0.3) is 0 Å². The number of rotatable bonds is 7. The maximum atomic E-state index is 12.8. The molecule has 46 heavy (non-hydrogen) atoms. The van der Waals surface area contributed by atoms with E-state index in [1.807, 2.05) is 19.1 Å². The molecule has 1 aromatic rings. The highest BCUT2D eigenvalue weighted by molar-refractivity contribution is 5.85. The molecular formula is C36H50N2O8. The topological polar surface area (TPSA) is 140 Å². The number of methoxy groups -OCH3 is 1. The molecule has 0 amide bonds. The zero-order chi connectivity index (χ0) is 32.3. The Bertz CT molecular complexity index is 1360. The molecule has 4 saturated carbocycles. The predicted octanol–water partition coefficient (Wildman–Crippen LogP) is 3.90. The molecule has 4 aliphatic carbocycles. The number of cyclic esters (lactones) is 1. The molecule has 3 heterocycles. The minimum absolute atomic E-state index is 0.00599. The Kier molecular flexibility index (Phi) is 8.46. The zero-order valence-electron chi connectivity index (χ0n) is 27.3. The summed E-state index contributed by atoms with van der Waals surface area (Å²) in [6, 6.07) is 3.93. The molecule has 3 N–H and O–H groups in total. The Morgan fingerprint density at radius 2 is 1.87 bits per heavy atom. The van der Waals surface area contributed by atoms with E-state index in [9.17, 15) is 20.1 Å². The van der Waals surface area contributed by atoms with Gasteiger partial charge < -0.3 is 34.3 Å². The summed E-state index contributed by atoms with van der Waals surface area (Å²) in [5, 5.41) is 36.0. The van der Waals surface area contributed by atoms with Gasteiger partial charge in [-0.1, -0.05) is 6.92 Å². The van der Waals surface area contributed by atoms with E-state index in [1.165, 1.54) is 0 Å². The molecule has 1 saturated heterocycles. The lowest BCUT2D eigenvalue weighted by Gasteiger charge is -2.66. The van der Waals surface area contributed by atoms with Gasteiger partial charge in [-0.25, -0.2) is 4.79 Å². The quantitative estimate of drug-likeness (QED) is 0.231. The average molecular weight is 639 g/mol. The Labute approximate surface area is 271 Å². The van der Waals surface area contributed by atoms with Crippen molar-refractivity contribution < 1.29 is 39.1 Å². The molecule has 0 spiro atoms. The Morgan fingerprint density at radius 1 is 1.09 bits per heavy atom. The standard InChI is InChI=1S/C36H50N2O8/c1-22-32(40)29(43-3)17-31(45-22)46-25-4-11-34(21-38-19-23-8-14-37-15-9-23)27-5-10-33(2)26(24-16-30(39)44-20-24)7-13-36(33,42)28(27)6-12-35(34,41)18-25/h8-9,14-16,21-22,25-29,31-32,40-42H,4-7,10-13,17-20H2,1-3H3/t22-,25-,26+,27+,28-,29-,31+,32+,33-,34+,35+,36+/m1/s1. The normalized spacial score (nSPS) is 47.2. The molecule has 10 heteroatoms. The van der Waals surface area contributed by atoms with E-state index in [-0.39, 0.29) is 41.3 Å². The van der Waals surface area contributed by atoms with E-state index in [4.69, 9.17) is 23.9 Å². The van der Waals surface area contributed by atoms with Crippen molar-refractivity contribution in [2.75, 3.05) is 13.7 Å². The van der Waals surface area contributed by atoms with Crippen molar-refractivity contribution in [2.24, 2.45) is 33.6 Å². The molecule has 7 rings (SSSR count). The number of hydrogen-bond acceptors (Lipinski definition) is 10. The highest BCUT2D eigenvalue weighted by Gasteiger charge is 2.71. The van der Waals surface area contributed by atoms with E-state index in [1.54, 1.807) is 25.6 Å². The first-order chi connectivity index (χ1) is 22.0. The molecule has 1 aromatic heterocycles. The van der Waals surface area contributed by atoms with Crippen LogP contribution in [0.15, 0.2) is 41.2 Å². The first kappa shape index (κ1) is 32.3. The number of esters is 1. The van der Waals surface area contributed by atoms with E-state index in [0.29, 0.717) is 45.3 Å². The smallest absolute Gasteiger partial charge is 0.331 e. The molecule has 0 radical (unpaired) electrons. The largest absolute Gasteiger partial charge is 0.458 e. The Morgan fingerprint density at radius 3 is 2.61 bits per heavy atom. The molecule has 12 atom stereocenters. The van der Waals surface area contributed by atoms with E-state index >= 15 is 0 Å². The van der Waals surface area contributed by atoms with Crippen LogP contribution in [0.1, 0.15) is 83.6 Å². The summed E-state index contributed by atoms with van der Waals surface area (Å²) in [4.78, 5) is 21.1. The van der Waals surface area contributed by atoms with Crippen molar-refractivity contribution >= 4 is 12.2 Å². The van der Waals surface area contributed by atoms with Crippen LogP contribution >= 0.6 is 0 Å². The van der Waals surface area contributed by atoms with Crippen LogP contribution < -0.4 is 0 Å². The number of hydrogen-bond donors (Lipinski definition) is 3. The molecule has 0 aromatic carbocycles. The highest BCUT2D eigenvalue weighted by atomic mass is 16.7. The maximum absolute atomic E-state index is 12.8.